The molecule has 2 N–H and O–H groups in total. The van der Waals surface area contributed by atoms with Crippen molar-refractivity contribution in [1.29, 1.82) is 0 Å². The Labute approximate surface area is 96.2 Å². The first kappa shape index (κ1) is 14.9. The predicted octanol–water partition coefficient (Wildman–Crippen LogP) is 0.884. The first-order chi connectivity index (χ1) is 7.20. The van der Waals surface area contributed by atoms with Crippen LogP contribution in [0.1, 0.15) is 27.7 Å². The summed E-state index contributed by atoms with van der Waals surface area (Å²) in [5, 5.41) is 11.3. The van der Waals surface area contributed by atoms with Gasteiger partial charge >= 0.3 is 5.97 Å². The van der Waals surface area contributed by atoms with Crippen LogP contribution < -0.4 is 5.32 Å². The highest BCUT2D eigenvalue weighted by atomic mass is 16.5. The predicted molar refractivity (Wildman–Crippen MR) is 60.1 cm³/mol. The van der Waals surface area contributed by atoms with Gasteiger partial charge in [0.1, 0.15) is 0 Å². The van der Waals surface area contributed by atoms with Crippen LogP contribution in [0, 0.1) is 11.3 Å². The molecule has 0 saturated carbocycles. The maximum atomic E-state index is 11.7. The maximum absolute atomic E-state index is 11.7. The lowest BCUT2D eigenvalue weighted by molar-refractivity contribution is -0.148. The number of carboxylic acids is 1. The third-order valence-electron chi connectivity index (χ3n) is 2.71. The Morgan fingerprint density at radius 1 is 1.38 bits per heavy atom. The molecule has 5 nitrogen and oxygen atoms in total. The third-order valence-corrected chi connectivity index (χ3v) is 2.71. The summed E-state index contributed by atoms with van der Waals surface area (Å²) < 4.78 is 4.71. The average molecular weight is 231 g/mol. The molecule has 0 radical (unpaired) electrons. The standard InChI is InChI=1S/C11H21NO4/c1-7(11(2,3)4)9(13)12-6-8(16-5)10(14)15/h7-8H,6H2,1-5H3,(H,12,13)(H,14,15). The molecule has 0 rings (SSSR count). The monoisotopic (exact) mass is 231 g/mol. The largest absolute Gasteiger partial charge is 0.479 e. The van der Waals surface area contributed by atoms with Crippen LogP contribution in [0.25, 0.3) is 0 Å². The van der Waals surface area contributed by atoms with E-state index in [1.54, 1.807) is 0 Å². The topological polar surface area (TPSA) is 75.6 Å². The molecule has 0 aromatic rings. The van der Waals surface area contributed by atoms with Crippen LogP contribution in [-0.2, 0) is 14.3 Å². The smallest absolute Gasteiger partial charge is 0.334 e. The zero-order chi connectivity index (χ0) is 12.9. The van der Waals surface area contributed by atoms with Gasteiger partial charge in [0, 0.05) is 13.0 Å². The molecule has 94 valence electrons. The summed E-state index contributed by atoms with van der Waals surface area (Å²) in [4.78, 5) is 22.3. The molecular weight excluding hydrogens is 210 g/mol. The number of nitrogens with one attached hydrogen (secondary N) is 1. The van der Waals surface area contributed by atoms with Crippen LogP contribution in [0.4, 0.5) is 0 Å². The Morgan fingerprint density at radius 3 is 2.19 bits per heavy atom. The van der Waals surface area contributed by atoms with Crippen molar-refractivity contribution in [2.45, 2.75) is 33.8 Å². The summed E-state index contributed by atoms with van der Waals surface area (Å²) >= 11 is 0. The number of hydrogen-bond acceptors (Lipinski definition) is 3. The van der Waals surface area contributed by atoms with Gasteiger partial charge in [-0.05, 0) is 5.41 Å². The van der Waals surface area contributed by atoms with Gasteiger partial charge in [-0.25, -0.2) is 4.79 Å². The summed E-state index contributed by atoms with van der Waals surface area (Å²) in [6.45, 7) is 7.69. The molecule has 5 heteroatoms. The van der Waals surface area contributed by atoms with E-state index in [1.165, 1.54) is 7.11 Å². The van der Waals surface area contributed by atoms with E-state index < -0.39 is 12.1 Å². The number of hydrogen-bond donors (Lipinski definition) is 2. The molecule has 0 aliphatic heterocycles. The molecule has 0 heterocycles. The number of ether oxygens (including phenoxy) is 1. The van der Waals surface area contributed by atoms with Gasteiger partial charge in [-0.15, -0.1) is 0 Å². The lowest BCUT2D eigenvalue weighted by atomic mass is 9.81. The molecule has 0 fully saturated rings. The van der Waals surface area contributed by atoms with Crippen LogP contribution in [-0.4, -0.2) is 36.7 Å². The molecule has 0 spiro atoms. The summed E-state index contributed by atoms with van der Waals surface area (Å²) in [6.07, 6.45) is -0.990. The third kappa shape index (κ3) is 4.61. The van der Waals surface area contributed by atoms with Crippen LogP contribution in [0.15, 0.2) is 0 Å². The van der Waals surface area contributed by atoms with Crippen molar-refractivity contribution in [3.63, 3.8) is 0 Å². The zero-order valence-corrected chi connectivity index (χ0v) is 10.5. The second-order valence-corrected chi connectivity index (χ2v) is 4.90. The van der Waals surface area contributed by atoms with E-state index in [-0.39, 0.29) is 23.8 Å². The van der Waals surface area contributed by atoms with E-state index in [2.05, 4.69) is 5.32 Å². The first-order valence-electron chi connectivity index (χ1n) is 5.23. The van der Waals surface area contributed by atoms with Gasteiger partial charge in [0.05, 0.1) is 6.54 Å². The van der Waals surface area contributed by atoms with Crippen molar-refractivity contribution in [3.8, 4) is 0 Å². The minimum Gasteiger partial charge on any atom is -0.479 e. The minimum absolute atomic E-state index is 0.00884. The Balaban J connectivity index is 4.22. The highest BCUT2D eigenvalue weighted by molar-refractivity contribution is 5.80. The first-order valence-corrected chi connectivity index (χ1v) is 5.23. The Morgan fingerprint density at radius 2 is 1.88 bits per heavy atom. The molecule has 0 saturated heterocycles. The van der Waals surface area contributed by atoms with E-state index in [4.69, 9.17) is 9.84 Å². The molecule has 0 aromatic carbocycles. The zero-order valence-electron chi connectivity index (χ0n) is 10.5. The lowest BCUT2D eigenvalue weighted by Gasteiger charge is -2.26. The van der Waals surface area contributed by atoms with E-state index >= 15 is 0 Å². The van der Waals surface area contributed by atoms with Crippen LogP contribution in [0.5, 0.6) is 0 Å². The summed E-state index contributed by atoms with van der Waals surface area (Å²) in [5.41, 5.74) is -0.143. The van der Waals surface area contributed by atoms with Crippen molar-refractivity contribution in [3.05, 3.63) is 0 Å². The lowest BCUT2D eigenvalue weighted by Crippen LogP contribution is -2.42. The Hall–Kier alpha value is -1.10. The normalized spacial score (nSPS) is 15.3. The highest BCUT2D eigenvalue weighted by Crippen LogP contribution is 2.25. The van der Waals surface area contributed by atoms with Gasteiger partial charge in [0.25, 0.3) is 0 Å². The number of aliphatic carboxylic acids is 1. The summed E-state index contributed by atoms with van der Waals surface area (Å²) in [7, 11) is 1.30. The van der Waals surface area contributed by atoms with E-state index in [1.807, 2.05) is 27.7 Å². The number of amides is 1. The Bertz CT molecular complexity index is 257. The van der Waals surface area contributed by atoms with Gasteiger partial charge < -0.3 is 15.2 Å². The number of carbonyl (C=O) groups is 2. The fourth-order valence-corrected chi connectivity index (χ4v) is 1.01. The summed E-state index contributed by atoms with van der Waals surface area (Å²) in [5.74, 6) is -1.42. The van der Waals surface area contributed by atoms with Crippen molar-refractivity contribution < 1.29 is 19.4 Å². The van der Waals surface area contributed by atoms with Crippen molar-refractivity contribution in [1.82, 2.24) is 5.32 Å². The molecule has 0 aromatic heterocycles. The molecular formula is C11H21NO4. The number of carbonyl (C=O) groups excluding carboxylic acids is 1. The van der Waals surface area contributed by atoms with Crippen LogP contribution in [0.2, 0.25) is 0 Å². The maximum Gasteiger partial charge on any atom is 0.334 e. The van der Waals surface area contributed by atoms with E-state index in [9.17, 15) is 9.59 Å². The van der Waals surface area contributed by atoms with Gasteiger partial charge in [-0.2, -0.15) is 0 Å². The SMILES string of the molecule is COC(CNC(=O)C(C)C(C)(C)C)C(=O)O. The average Bonchev–Trinajstić information content (AvgIpc) is 2.15. The van der Waals surface area contributed by atoms with E-state index in [0.29, 0.717) is 0 Å². The minimum atomic E-state index is -1.08. The van der Waals surface area contributed by atoms with Crippen molar-refractivity contribution in [2.24, 2.45) is 11.3 Å². The highest BCUT2D eigenvalue weighted by Gasteiger charge is 2.27. The van der Waals surface area contributed by atoms with Gasteiger partial charge in [0.15, 0.2) is 6.10 Å². The number of methoxy groups -OCH3 is 1. The number of carboxylic acid groups (broad SMARTS) is 1. The molecule has 16 heavy (non-hydrogen) atoms. The molecule has 0 aliphatic carbocycles. The molecule has 0 aliphatic rings. The molecule has 2 atom stereocenters. The number of rotatable bonds is 5. The van der Waals surface area contributed by atoms with Crippen molar-refractivity contribution >= 4 is 11.9 Å². The van der Waals surface area contributed by atoms with Crippen LogP contribution >= 0.6 is 0 Å². The fourth-order valence-electron chi connectivity index (χ4n) is 1.01. The summed E-state index contributed by atoms with van der Waals surface area (Å²) in [6, 6.07) is 0. The fraction of sp³-hybridized carbons (Fsp3) is 0.818. The van der Waals surface area contributed by atoms with Crippen molar-refractivity contribution in [2.75, 3.05) is 13.7 Å². The Kier molecular flexibility index (Phi) is 5.44. The molecule has 2 unspecified atom stereocenters. The van der Waals surface area contributed by atoms with Crippen LogP contribution in [0.3, 0.4) is 0 Å². The van der Waals surface area contributed by atoms with Gasteiger partial charge in [-0.3, -0.25) is 4.79 Å². The second kappa shape index (κ2) is 5.84. The van der Waals surface area contributed by atoms with Gasteiger partial charge in [0.2, 0.25) is 5.91 Å². The molecule has 0 bridgehead atoms. The second-order valence-electron chi connectivity index (χ2n) is 4.90. The van der Waals surface area contributed by atoms with Gasteiger partial charge in [-0.1, -0.05) is 27.7 Å². The van der Waals surface area contributed by atoms with E-state index in [0.717, 1.165) is 0 Å². The quantitative estimate of drug-likeness (QED) is 0.736. The molecule has 1 amide bonds.